The minimum absolute atomic E-state index is 0.0249. The molecule has 5 heteroatoms. The molecule has 0 saturated heterocycles. The van der Waals surface area contributed by atoms with Crippen molar-refractivity contribution in [2.24, 2.45) is 0 Å². The summed E-state index contributed by atoms with van der Waals surface area (Å²) in [5.41, 5.74) is 6.79. The normalized spacial score (nSPS) is 18.5. The molecule has 4 aromatic rings. The second-order valence-corrected chi connectivity index (χ2v) is 10.2. The molecule has 2 atom stereocenters. The highest BCUT2D eigenvalue weighted by Gasteiger charge is 2.41. The lowest BCUT2D eigenvalue weighted by atomic mass is 9.78. The monoisotopic (exact) mass is 514 g/mol. The molecule has 1 heterocycles. The van der Waals surface area contributed by atoms with Crippen LogP contribution < -0.4 is 15.0 Å². The predicted molar refractivity (Wildman–Crippen MR) is 154 cm³/mol. The number of carbonyl (C=O) groups excluding carboxylic acids is 2. The van der Waals surface area contributed by atoms with Crippen LogP contribution in [-0.2, 0) is 4.79 Å². The SMILES string of the molecule is COc1ccc([C@H]2CC(=O)C3=C(C2)Nc2ccccc2N(C(=O)c2ccccc2)[C@H]3c2ccc(C)cc2)cc1. The Morgan fingerprint density at radius 1 is 0.821 bits per heavy atom. The molecule has 194 valence electrons. The third kappa shape index (κ3) is 4.61. The highest BCUT2D eigenvalue weighted by Crippen LogP contribution is 2.48. The van der Waals surface area contributed by atoms with E-state index in [1.54, 1.807) is 12.0 Å². The summed E-state index contributed by atoms with van der Waals surface area (Å²) < 4.78 is 5.34. The van der Waals surface area contributed by atoms with E-state index in [0.717, 1.165) is 39.5 Å². The first-order chi connectivity index (χ1) is 19.0. The maximum absolute atomic E-state index is 14.2. The second-order valence-electron chi connectivity index (χ2n) is 10.2. The molecule has 0 unspecified atom stereocenters. The first-order valence-electron chi connectivity index (χ1n) is 13.2. The summed E-state index contributed by atoms with van der Waals surface area (Å²) in [5, 5.41) is 3.60. The van der Waals surface area contributed by atoms with Gasteiger partial charge in [-0.15, -0.1) is 0 Å². The van der Waals surface area contributed by atoms with Crippen molar-refractivity contribution in [2.75, 3.05) is 17.3 Å². The fourth-order valence-corrected chi connectivity index (χ4v) is 5.71. The predicted octanol–water partition coefficient (Wildman–Crippen LogP) is 7.22. The van der Waals surface area contributed by atoms with Gasteiger partial charge in [-0.3, -0.25) is 14.5 Å². The molecule has 0 bridgehead atoms. The number of allylic oxidation sites excluding steroid dienone is 1. The summed E-state index contributed by atoms with van der Waals surface area (Å²) in [4.78, 5) is 30.2. The van der Waals surface area contributed by atoms with Crippen molar-refractivity contribution in [1.82, 2.24) is 0 Å². The Balaban J connectivity index is 1.53. The third-order valence-corrected chi connectivity index (χ3v) is 7.71. The molecule has 0 fully saturated rings. The van der Waals surface area contributed by atoms with Crippen LogP contribution in [0.5, 0.6) is 5.75 Å². The number of Topliss-reactive ketones (excluding diaryl/α,β-unsaturated/α-hetero) is 1. The van der Waals surface area contributed by atoms with Crippen molar-refractivity contribution in [3.05, 3.63) is 137 Å². The van der Waals surface area contributed by atoms with Gasteiger partial charge in [0.1, 0.15) is 5.75 Å². The summed E-state index contributed by atoms with van der Waals surface area (Å²) in [6.45, 7) is 2.04. The minimum atomic E-state index is -0.561. The molecule has 0 aromatic heterocycles. The summed E-state index contributed by atoms with van der Waals surface area (Å²) in [6.07, 6.45) is 1.04. The molecule has 1 N–H and O–H groups in total. The molecule has 0 saturated carbocycles. The van der Waals surface area contributed by atoms with Gasteiger partial charge in [0.05, 0.1) is 24.5 Å². The van der Waals surface area contributed by atoms with Crippen LogP contribution in [0.15, 0.2) is 114 Å². The van der Waals surface area contributed by atoms with Crippen LogP contribution in [0.1, 0.15) is 51.8 Å². The van der Waals surface area contributed by atoms with Crippen LogP contribution in [0.4, 0.5) is 11.4 Å². The van der Waals surface area contributed by atoms with E-state index >= 15 is 0 Å². The zero-order valence-corrected chi connectivity index (χ0v) is 22.1. The summed E-state index contributed by atoms with van der Waals surface area (Å²) >= 11 is 0. The Morgan fingerprint density at radius 2 is 1.49 bits per heavy atom. The third-order valence-electron chi connectivity index (χ3n) is 7.71. The molecule has 4 aromatic carbocycles. The van der Waals surface area contributed by atoms with E-state index in [9.17, 15) is 9.59 Å². The number of benzene rings is 4. The summed E-state index contributed by atoms with van der Waals surface area (Å²) in [7, 11) is 1.65. The van der Waals surface area contributed by atoms with Crippen molar-refractivity contribution in [3.63, 3.8) is 0 Å². The molecular weight excluding hydrogens is 484 g/mol. The maximum atomic E-state index is 14.2. The Kier molecular flexibility index (Phi) is 6.49. The molecule has 2 aliphatic rings. The fraction of sp³-hybridized carbons (Fsp3) is 0.176. The van der Waals surface area contributed by atoms with Crippen LogP contribution in [0.3, 0.4) is 0 Å². The zero-order chi connectivity index (χ0) is 26.9. The van der Waals surface area contributed by atoms with Crippen LogP contribution in [0.25, 0.3) is 0 Å². The van der Waals surface area contributed by atoms with E-state index in [1.807, 2.05) is 110 Å². The lowest BCUT2D eigenvalue weighted by molar-refractivity contribution is -0.116. The summed E-state index contributed by atoms with van der Waals surface area (Å²) in [5.74, 6) is 0.719. The van der Waals surface area contributed by atoms with E-state index in [0.29, 0.717) is 24.0 Å². The van der Waals surface area contributed by atoms with Gasteiger partial charge in [-0.2, -0.15) is 0 Å². The number of aryl methyl sites for hydroxylation is 1. The minimum Gasteiger partial charge on any atom is -0.497 e. The largest absolute Gasteiger partial charge is 0.497 e. The number of fused-ring (bicyclic) bond motifs is 1. The number of para-hydroxylation sites is 2. The van der Waals surface area contributed by atoms with E-state index in [1.165, 1.54) is 0 Å². The van der Waals surface area contributed by atoms with Crippen LogP contribution in [0.2, 0.25) is 0 Å². The average molecular weight is 515 g/mol. The summed E-state index contributed by atoms with van der Waals surface area (Å²) in [6, 6.07) is 32.6. The van der Waals surface area contributed by atoms with Gasteiger partial charge in [0.15, 0.2) is 5.78 Å². The lowest BCUT2D eigenvalue weighted by Gasteiger charge is -2.35. The van der Waals surface area contributed by atoms with Gasteiger partial charge in [0.2, 0.25) is 0 Å². The molecule has 1 aliphatic heterocycles. The van der Waals surface area contributed by atoms with Gasteiger partial charge >= 0.3 is 0 Å². The van der Waals surface area contributed by atoms with Crippen LogP contribution >= 0.6 is 0 Å². The van der Waals surface area contributed by atoms with Crippen LogP contribution in [-0.4, -0.2) is 18.8 Å². The molecule has 0 radical (unpaired) electrons. The van der Waals surface area contributed by atoms with Crippen molar-refractivity contribution in [1.29, 1.82) is 0 Å². The number of nitrogens with one attached hydrogen (secondary N) is 1. The van der Waals surface area contributed by atoms with E-state index < -0.39 is 6.04 Å². The first kappa shape index (κ1) is 24.7. The number of hydrogen-bond donors (Lipinski definition) is 1. The first-order valence-corrected chi connectivity index (χ1v) is 13.2. The number of ether oxygens (including phenoxy) is 1. The number of rotatable bonds is 4. The molecule has 6 rings (SSSR count). The Bertz CT molecular complexity index is 1560. The Labute approximate surface area is 228 Å². The lowest BCUT2D eigenvalue weighted by Crippen LogP contribution is -2.38. The molecule has 1 aliphatic carbocycles. The van der Waals surface area contributed by atoms with Gasteiger partial charge in [-0.25, -0.2) is 0 Å². The second kappa shape index (κ2) is 10.3. The quantitative estimate of drug-likeness (QED) is 0.312. The number of carbonyl (C=O) groups is 2. The number of anilines is 2. The maximum Gasteiger partial charge on any atom is 0.259 e. The molecule has 39 heavy (non-hydrogen) atoms. The average Bonchev–Trinajstić information content (AvgIpc) is 3.12. The Hall–Kier alpha value is -4.64. The van der Waals surface area contributed by atoms with E-state index in [4.69, 9.17) is 4.74 Å². The van der Waals surface area contributed by atoms with Crippen LogP contribution in [0, 0.1) is 6.92 Å². The van der Waals surface area contributed by atoms with Crippen molar-refractivity contribution >= 4 is 23.1 Å². The van der Waals surface area contributed by atoms with Crippen molar-refractivity contribution in [2.45, 2.75) is 31.7 Å². The number of nitrogens with zero attached hydrogens (tertiary/aromatic N) is 1. The number of ketones is 1. The molecule has 0 spiro atoms. The standard InChI is InChI=1S/C34H30N2O3/c1-22-12-14-24(15-13-22)33-32-29(20-26(21-31(32)37)23-16-18-27(39-2)19-17-23)35-28-10-6-7-11-30(28)36(33)34(38)25-8-4-3-5-9-25/h3-19,26,33,35H,20-21H2,1-2H3/t26-,33+/m1/s1. The van der Waals surface area contributed by atoms with Gasteiger partial charge in [-0.1, -0.05) is 72.3 Å². The zero-order valence-electron chi connectivity index (χ0n) is 22.1. The van der Waals surface area contributed by atoms with Gasteiger partial charge in [0.25, 0.3) is 5.91 Å². The molecular formula is C34H30N2O3. The Morgan fingerprint density at radius 3 is 2.21 bits per heavy atom. The fourth-order valence-electron chi connectivity index (χ4n) is 5.71. The van der Waals surface area contributed by atoms with Gasteiger partial charge < -0.3 is 10.1 Å². The van der Waals surface area contributed by atoms with Crippen molar-refractivity contribution < 1.29 is 14.3 Å². The highest BCUT2D eigenvalue weighted by molar-refractivity contribution is 6.12. The smallest absolute Gasteiger partial charge is 0.259 e. The van der Waals surface area contributed by atoms with E-state index in [2.05, 4.69) is 5.32 Å². The number of amides is 1. The van der Waals surface area contributed by atoms with Crippen molar-refractivity contribution in [3.8, 4) is 5.75 Å². The van der Waals surface area contributed by atoms with Gasteiger partial charge in [-0.05, 0) is 66.8 Å². The van der Waals surface area contributed by atoms with Gasteiger partial charge in [0, 0.05) is 23.3 Å². The molecule has 5 nitrogen and oxygen atoms in total. The number of hydrogen-bond acceptors (Lipinski definition) is 4. The highest BCUT2D eigenvalue weighted by atomic mass is 16.5. The molecule has 1 amide bonds. The van der Waals surface area contributed by atoms with E-state index in [-0.39, 0.29) is 17.6 Å². The number of methoxy groups -OCH3 is 1. The topological polar surface area (TPSA) is 58.6 Å².